The van der Waals surface area contributed by atoms with Gasteiger partial charge in [0.05, 0.1) is 19.3 Å². The summed E-state index contributed by atoms with van der Waals surface area (Å²) >= 11 is 2.91. The summed E-state index contributed by atoms with van der Waals surface area (Å²) in [7, 11) is -3.33. The van der Waals surface area contributed by atoms with Gasteiger partial charge in [0.1, 0.15) is 4.66 Å². The summed E-state index contributed by atoms with van der Waals surface area (Å²) in [5.74, 6) is 0. The normalized spacial score (nSPS) is 13.4. The van der Waals surface area contributed by atoms with Crippen LogP contribution in [0.5, 0.6) is 0 Å². The van der Waals surface area contributed by atoms with Crippen LogP contribution >= 0.6 is 15.9 Å². The third-order valence-electron chi connectivity index (χ3n) is 2.49. The first-order valence-corrected chi connectivity index (χ1v) is 8.58. The molecule has 2 N–H and O–H groups in total. The predicted molar refractivity (Wildman–Crippen MR) is 77.7 cm³/mol. The van der Waals surface area contributed by atoms with Crippen LogP contribution < -0.4 is 4.72 Å². The first-order valence-electron chi connectivity index (χ1n) is 5.81. The van der Waals surface area contributed by atoms with Gasteiger partial charge >= 0.3 is 0 Å². The SMILES string of the molecule is Cc1ccc(C(CNS(=O)(=O)CBr)OCCO)cc1. The van der Waals surface area contributed by atoms with Crippen molar-refractivity contribution in [2.45, 2.75) is 13.0 Å². The van der Waals surface area contributed by atoms with Gasteiger partial charge in [-0.3, -0.25) is 0 Å². The van der Waals surface area contributed by atoms with Crippen LogP contribution in [0.1, 0.15) is 17.2 Å². The zero-order valence-electron chi connectivity index (χ0n) is 10.7. The number of hydrogen-bond donors (Lipinski definition) is 2. The zero-order chi connectivity index (χ0) is 14.3. The Morgan fingerprint density at radius 3 is 2.53 bits per heavy atom. The molecule has 5 nitrogen and oxygen atoms in total. The van der Waals surface area contributed by atoms with Crippen molar-refractivity contribution in [3.05, 3.63) is 35.4 Å². The second-order valence-electron chi connectivity index (χ2n) is 4.07. The lowest BCUT2D eigenvalue weighted by atomic mass is 10.1. The molecule has 1 atom stereocenters. The number of alkyl halides is 1. The van der Waals surface area contributed by atoms with Gasteiger partial charge in [-0.15, -0.1) is 0 Å². The van der Waals surface area contributed by atoms with Gasteiger partial charge in [0.15, 0.2) is 0 Å². The maximum atomic E-state index is 11.4. The molecule has 0 amide bonds. The summed E-state index contributed by atoms with van der Waals surface area (Å²) in [4.78, 5) is 0. The van der Waals surface area contributed by atoms with Crippen LogP contribution in [0, 0.1) is 6.92 Å². The number of sulfonamides is 1. The molecule has 1 unspecified atom stereocenters. The Morgan fingerprint density at radius 2 is 2.00 bits per heavy atom. The molecule has 0 aliphatic carbocycles. The molecule has 7 heteroatoms. The Balaban J connectivity index is 2.74. The third kappa shape index (κ3) is 6.01. The molecule has 0 aromatic heterocycles. The third-order valence-corrected chi connectivity index (χ3v) is 5.19. The number of aliphatic hydroxyl groups excluding tert-OH is 1. The van der Waals surface area contributed by atoms with Gasteiger partial charge in [0.2, 0.25) is 10.0 Å². The molecule has 1 rings (SSSR count). The highest BCUT2D eigenvalue weighted by Crippen LogP contribution is 2.17. The highest BCUT2D eigenvalue weighted by Gasteiger charge is 2.15. The lowest BCUT2D eigenvalue weighted by Crippen LogP contribution is -2.30. The summed E-state index contributed by atoms with van der Waals surface area (Å²) in [6.07, 6.45) is -0.415. The van der Waals surface area contributed by atoms with E-state index < -0.39 is 16.1 Å². The van der Waals surface area contributed by atoms with Crippen LogP contribution in [0.4, 0.5) is 0 Å². The molecule has 0 saturated carbocycles. The minimum Gasteiger partial charge on any atom is -0.394 e. The van der Waals surface area contributed by atoms with Crippen molar-refractivity contribution < 1.29 is 18.3 Å². The number of aryl methyl sites for hydroxylation is 1. The van der Waals surface area contributed by atoms with Gasteiger partial charge < -0.3 is 9.84 Å². The van der Waals surface area contributed by atoms with E-state index in [1.54, 1.807) is 0 Å². The quantitative estimate of drug-likeness (QED) is 0.692. The monoisotopic (exact) mass is 351 g/mol. The molecule has 0 saturated heterocycles. The van der Waals surface area contributed by atoms with Crippen molar-refractivity contribution in [2.24, 2.45) is 0 Å². The molecular weight excluding hydrogens is 334 g/mol. The standard InChI is InChI=1S/C12H18BrNO4S/c1-10-2-4-11(5-3-10)12(18-7-6-15)8-14-19(16,17)9-13/h2-5,12,14-15H,6-9H2,1H3. The topological polar surface area (TPSA) is 75.6 Å². The van der Waals surface area contributed by atoms with E-state index in [-0.39, 0.29) is 24.4 Å². The van der Waals surface area contributed by atoms with Crippen molar-refractivity contribution in [3.8, 4) is 0 Å². The van der Waals surface area contributed by atoms with E-state index in [1.807, 2.05) is 31.2 Å². The Hall–Kier alpha value is -0.470. The van der Waals surface area contributed by atoms with Crippen molar-refractivity contribution in [2.75, 3.05) is 24.4 Å². The van der Waals surface area contributed by atoms with Gasteiger partial charge in [0.25, 0.3) is 0 Å². The van der Waals surface area contributed by atoms with Gasteiger partial charge in [-0.2, -0.15) is 0 Å². The zero-order valence-corrected chi connectivity index (χ0v) is 13.1. The fourth-order valence-electron chi connectivity index (χ4n) is 1.49. The second-order valence-corrected chi connectivity index (χ2v) is 7.18. The Labute approximate surface area is 122 Å². The fourth-order valence-corrected chi connectivity index (χ4v) is 2.46. The van der Waals surface area contributed by atoms with Crippen LogP contribution in [-0.2, 0) is 14.8 Å². The van der Waals surface area contributed by atoms with E-state index in [9.17, 15) is 8.42 Å². The van der Waals surface area contributed by atoms with Crippen LogP contribution in [0.15, 0.2) is 24.3 Å². The summed E-state index contributed by atoms with van der Waals surface area (Å²) < 4.78 is 30.6. The molecule has 19 heavy (non-hydrogen) atoms. The molecule has 0 aliphatic heterocycles. The average molecular weight is 352 g/mol. The molecular formula is C12H18BrNO4S. The smallest absolute Gasteiger partial charge is 0.221 e. The van der Waals surface area contributed by atoms with E-state index in [2.05, 4.69) is 20.7 Å². The molecule has 0 bridgehead atoms. The largest absolute Gasteiger partial charge is 0.394 e. The van der Waals surface area contributed by atoms with Crippen LogP contribution in [0.2, 0.25) is 0 Å². The van der Waals surface area contributed by atoms with Crippen molar-refractivity contribution >= 4 is 26.0 Å². The summed E-state index contributed by atoms with van der Waals surface area (Å²) in [6.45, 7) is 2.17. The van der Waals surface area contributed by atoms with E-state index in [4.69, 9.17) is 9.84 Å². The average Bonchev–Trinajstić information content (AvgIpc) is 2.40. The highest BCUT2D eigenvalue weighted by atomic mass is 79.9. The number of nitrogens with one attached hydrogen (secondary N) is 1. The molecule has 0 aliphatic rings. The summed E-state index contributed by atoms with van der Waals surface area (Å²) in [5, 5.41) is 8.81. The fraction of sp³-hybridized carbons (Fsp3) is 0.500. The van der Waals surface area contributed by atoms with Gasteiger partial charge in [-0.1, -0.05) is 45.8 Å². The Bertz CT molecular complexity index is 475. The molecule has 1 aromatic carbocycles. The van der Waals surface area contributed by atoms with E-state index in [0.29, 0.717) is 0 Å². The van der Waals surface area contributed by atoms with Gasteiger partial charge in [-0.25, -0.2) is 13.1 Å². The number of ether oxygens (including phenoxy) is 1. The van der Waals surface area contributed by atoms with E-state index in [0.717, 1.165) is 11.1 Å². The maximum absolute atomic E-state index is 11.4. The number of rotatable bonds is 8. The number of benzene rings is 1. The molecule has 0 fully saturated rings. The Morgan fingerprint density at radius 1 is 1.37 bits per heavy atom. The minimum absolute atomic E-state index is 0.104. The Kier molecular flexibility index (Phi) is 6.95. The summed E-state index contributed by atoms with van der Waals surface area (Å²) in [5.41, 5.74) is 1.99. The molecule has 0 spiro atoms. The molecule has 0 heterocycles. The van der Waals surface area contributed by atoms with Gasteiger partial charge in [0, 0.05) is 6.54 Å². The molecule has 108 valence electrons. The number of hydrogen-bond acceptors (Lipinski definition) is 4. The van der Waals surface area contributed by atoms with Crippen molar-refractivity contribution in [3.63, 3.8) is 0 Å². The first-order chi connectivity index (χ1) is 8.98. The van der Waals surface area contributed by atoms with Crippen molar-refractivity contribution in [1.29, 1.82) is 0 Å². The minimum atomic E-state index is -3.33. The number of aliphatic hydroxyl groups is 1. The van der Waals surface area contributed by atoms with E-state index in [1.165, 1.54) is 0 Å². The lowest BCUT2D eigenvalue weighted by Gasteiger charge is -2.18. The van der Waals surface area contributed by atoms with Crippen LogP contribution in [0.3, 0.4) is 0 Å². The van der Waals surface area contributed by atoms with Gasteiger partial charge in [-0.05, 0) is 12.5 Å². The summed E-state index contributed by atoms with van der Waals surface area (Å²) in [6, 6.07) is 7.65. The molecule has 1 aromatic rings. The first kappa shape index (κ1) is 16.6. The van der Waals surface area contributed by atoms with Crippen molar-refractivity contribution in [1.82, 2.24) is 4.72 Å². The van der Waals surface area contributed by atoms with E-state index >= 15 is 0 Å². The van der Waals surface area contributed by atoms with Crippen LogP contribution in [-0.4, -0.2) is 37.9 Å². The highest BCUT2D eigenvalue weighted by molar-refractivity contribution is 9.10. The lowest BCUT2D eigenvalue weighted by molar-refractivity contribution is 0.0309. The maximum Gasteiger partial charge on any atom is 0.221 e. The van der Waals surface area contributed by atoms with Crippen LogP contribution in [0.25, 0.3) is 0 Å². The predicted octanol–water partition coefficient (Wildman–Crippen LogP) is 1.32. The second kappa shape index (κ2) is 7.96. The number of halogens is 1. The molecule has 0 radical (unpaired) electrons.